The zero-order valence-electron chi connectivity index (χ0n) is 21.0. The van der Waals surface area contributed by atoms with Gasteiger partial charge in [-0.15, -0.1) is 0 Å². The van der Waals surface area contributed by atoms with Crippen molar-refractivity contribution in [2.75, 3.05) is 68.3 Å². The Morgan fingerprint density at radius 3 is 2.51 bits per heavy atom. The van der Waals surface area contributed by atoms with E-state index >= 15 is 0 Å². The molecule has 3 aromatic rings. The van der Waals surface area contributed by atoms with Crippen molar-refractivity contribution >= 4 is 63.9 Å². The number of rotatable bonds is 6. The molecule has 0 spiro atoms. The number of para-hydroxylation sites is 1. The molecule has 2 aromatic carbocycles. The number of carbonyl (C=O) groups is 1. The van der Waals surface area contributed by atoms with Gasteiger partial charge in [0.25, 0.3) is 5.91 Å². The molecule has 1 N–H and O–H groups in total. The van der Waals surface area contributed by atoms with Gasteiger partial charge in [0.1, 0.15) is 5.03 Å². The number of thioether (sulfide) groups is 1. The van der Waals surface area contributed by atoms with Crippen molar-refractivity contribution in [2.45, 2.75) is 11.6 Å². The predicted molar refractivity (Wildman–Crippen MR) is 153 cm³/mol. The Morgan fingerprint density at radius 1 is 1.08 bits per heavy atom. The number of anilines is 4. The van der Waals surface area contributed by atoms with E-state index in [1.54, 1.807) is 29.3 Å². The summed E-state index contributed by atoms with van der Waals surface area (Å²) in [5.74, 6) is 0.579. The Balaban J connectivity index is 1.33. The van der Waals surface area contributed by atoms with Crippen molar-refractivity contribution in [3.63, 3.8) is 0 Å². The number of carbonyl (C=O) groups excluding carboxylic acids is 1. The molecule has 3 heterocycles. The minimum atomic E-state index is -0.224. The first-order valence-corrected chi connectivity index (χ1v) is 13.8. The lowest BCUT2D eigenvalue weighted by molar-refractivity contribution is 0.0985. The summed E-state index contributed by atoms with van der Waals surface area (Å²) in [6, 6.07) is 11.5. The Labute approximate surface area is 231 Å². The standard InChI is InChI=1S/C26H29Cl2N7OS/c1-32(2)22-13-18(8-7-17(22)15-34-11-9-33(3)10-12-34)30-26-29-14-19-24(31-26)37-16-35(25(19)36)23-20(27)5-4-6-21(23)28/h4-8,13-14H,9-12,15-16H2,1-3H3,(H,29,30,31). The van der Waals surface area contributed by atoms with Gasteiger partial charge in [0.05, 0.1) is 27.2 Å². The molecule has 1 saturated heterocycles. The second kappa shape index (κ2) is 11.0. The molecule has 0 atom stereocenters. The number of piperazine rings is 1. The molecule has 0 saturated carbocycles. The van der Waals surface area contributed by atoms with Crippen LogP contribution in [0.5, 0.6) is 0 Å². The van der Waals surface area contributed by atoms with Crippen LogP contribution < -0.4 is 15.1 Å². The number of hydrogen-bond donors (Lipinski definition) is 1. The molecular formula is C26H29Cl2N7OS. The molecule has 0 unspecified atom stereocenters. The maximum atomic E-state index is 13.2. The number of likely N-dealkylation sites (N-methyl/N-ethyl adjacent to an activating group) is 1. The summed E-state index contributed by atoms with van der Waals surface area (Å²) in [5.41, 5.74) is 4.25. The average Bonchev–Trinajstić information content (AvgIpc) is 2.87. The van der Waals surface area contributed by atoms with Crippen LogP contribution in [0.1, 0.15) is 15.9 Å². The third kappa shape index (κ3) is 5.66. The van der Waals surface area contributed by atoms with Crippen LogP contribution in [-0.4, -0.2) is 78.9 Å². The molecule has 0 aliphatic carbocycles. The summed E-state index contributed by atoms with van der Waals surface area (Å²) in [5, 5.41) is 4.79. The van der Waals surface area contributed by atoms with E-state index in [0.29, 0.717) is 38.1 Å². The van der Waals surface area contributed by atoms with Crippen molar-refractivity contribution in [3.05, 3.63) is 63.8 Å². The highest BCUT2D eigenvalue weighted by Gasteiger charge is 2.30. The van der Waals surface area contributed by atoms with Crippen LogP contribution in [0.25, 0.3) is 0 Å². The van der Waals surface area contributed by atoms with Crippen LogP contribution in [0.15, 0.2) is 47.6 Å². The maximum absolute atomic E-state index is 13.2. The summed E-state index contributed by atoms with van der Waals surface area (Å²) in [6.07, 6.45) is 1.56. The normalized spacial score (nSPS) is 16.6. The largest absolute Gasteiger partial charge is 0.377 e. The van der Waals surface area contributed by atoms with E-state index in [0.717, 1.165) is 44.1 Å². The molecule has 1 fully saturated rings. The Hall–Kier alpha value is -2.56. The number of nitrogens with zero attached hydrogens (tertiary/aromatic N) is 6. The van der Waals surface area contributed by atoms with Crippen LogP contribution in [0, 0.1) is 0 Å². The van der Waals surface area contributed by atoms with Gasteiger partial charge in [-0.3, -0.25) is 14.6 Å². The topological polar surface area (TPSA) is 67.8 Å². The first kappa shape index (κ1) is 26.1. The molecule has 5 rings (SSSR count). The van der Waals surface area contributed by atoms with Gasteiger partial charge in [0.2, 0.25) is 5.95 Å². The number of hydrogen-bond acceptors (Lipinski definition) is 8. The predicted octanol–water partition coefficient (Wildman–Crippen LogP) is 5.05. The first-order chi connectivity index (χ1) is 17.8. The average molecular weight is 559 g/mol. The molecule has 194 valence electrons. The van der Waals surface area contributed by atoms with E-state index in [2.05, 4.69) is 69.3 Å². The SMILES string of the molecule is CN1CCN(Cc2ccc(Nc3ncc4c(n3)SCN(c3c(Cl)cccc3Cl)C4=O)cc2N(C)C)CC1. The van der Waals surface area contributed by atoms with Gasteiger partial charge in [0, 0.05) is 64.4 Å². The van der Waals surface area contributed by atoms with E-state index in [4.69, 9.17) is 23.2 Å². The second-order valence-corrected chi connectivity index (χ2v) is 11.2. The minimum Gasteiger partial charge on any atom is -0.377 e. The van der Waals surface area contributed by atoms with Crippen LogP contribution in [0.3, 0.4) is 0 Å². The molecule has 1 aromatic heterocycles. The van der Waals surface area contributed by atoms with Gasteiger partial charge < -0.3 is 15.1 Å². The molecule has 11 heteroatoms. The lowest BCUT2D eigenvalue weighted by atomic mass is 10.1. The summed E-state index contributed by atoms with van der Waals surface area (Å²) in [7, 11) is 6.28. The number of benzene rings is 2. The van der Waals surface area contributed by atoms with Crippen LogP contribution >= 0.6 is 35.0 Å². The van der Waals surface area contributed by atoms with E-state index in [1.807, 2.05) is 0 Å². The number of halogens is 2. The number of nitrogens with one attached hydrogen (secondary N) is 1. The quantitative estimate of drug-likeness (QED) is 0.422. The fourth-order valence-electron chi connectivity index (χ4n) is 4.49. The number of amides is 1. The zero-order valence-corrected chi connectivity index (χ0v) is 23.4. The van der Waals surface area contributed by atoms with Gasteiger partial charge in [-0.2, -0.15) is 0 Å². The van der Waals surface area contributed by atoms with Crippen molar-refractivity contribution < 1.29 is 4.79 Å². The van der Waals surface area contributed by atoms with Gasteiger partial charge in [-0.25, -0.2) is 9.97 Å². The highest BCUT2D eigenvalue weighted by atomic mass is 35.5. The molecule has 0 bridgehead atoms. The van der Waals surface area contributed by atoms with Gasteiger partial charge in [0.15, 0.2) is 0 Å². The molecule has 1 amide bonds. The highest BCUT2D eigenvalue weighted by Crippen LogP contribution is 2.39. The lowest BCUT2D eigenvalue weighted by Gasteiger charge is -2.33. The summed E-state index contributed by atoms with van der Waals surface area (Å²) in [4.78, 5) is 30.8. The van der Waals surface area contributed by atoms with E-state index in [-0.39, 0.29) is 5.91 Å². The van der Waals surface area contributed by atoms with Gasteiger partial charge >= 0.3 is 0 Å². The monoisotopic (exact) mass is 557 g/mol. The smallest absolute Gasteiger partial charge is 0.263 e. The molecule has 2 aliphatic rings. The summed E-state index contributed by atoms with van der Waals surface area (Å²) in [6.45, 7) is 5.25. The van der Waals surface area contributed by atoms with Crippen LogP contribution in [0.4, 0.5) is 23.0 Å². The fraction of sp³-hybridized carbons (Fsp3) is 0.346. The molecule has 37 heavy (non-hydrogen) atoms. The second-order valence-electron chi connectivity index (χ2n) is 9.43. The third-order valence-corrected chi connectivity index (χ3v) is 8.16. The Morgan fingerprint density at radius 2 is 1.81 bits per heavy atom. The van der Waals surface area contributed by atoms with E-state index in [1.165, 1.54) is 17.3 Å². The van der Waals surface area contributed by atoms with Crippen LogP contribution in [0.2, 0.25) is 10.0 Å². The molecule has 0 radical (unpaired) electrons. The minimum absolute atomic E-state index is 0.224. The van der Waals surface area contributed by atoms with Crippen molar-refractivity contribution in [3.8, 4) is 0 Å². The van der Waals surface area contributed by atoms with Crippen LogP contribution in [-0.2, 0) is 6.54 Å². The highest BCUT2D eigenvalue weighted by molar-refractivity contribution is 7.99. The molecule has 8 nitrogen and oxygen atoms in total. The Kier molecular flexibility index (Phi) is 7.78. The van der Waals surface area contributed by atoms with Gasteiger partial charge in [-0.05, 0) is 36.9 Å². The Bertz CT molecular complexity index is 1290. The third-order valence-electron chi connectivity index (χ3n) is 6.58. The first-order valence-electron chi connectivity index (χ1n) is 12.0. The molecule has 2 aliphatic heterocycles. The lowest BCUT2D eigenvalue weighted by Crippen LogP contribution is -2.44. The van der Waals surface area contributed by atoms with Crippen molar-refractivity contribution in [1.82, 2.24) is 19.8 Å². The van der Waals surface area contributed by atoms with Crippen molar-refractivity contribution in [1.29, 1.82) is 0 Å². The van der Waals surface area contributed by atoms with Crippen molar-refractivity contribution in [2.24, 2.45) is 0 Å². The maximum Gasteiger partial charge on any atom is 0.263 e. The zero-order chi connectivity index (χ0) is 26.1. The fourth-order valence-corrected chi connectivity index (χ4v) is 6.04. The van der Waals surface area contributed by atoms with Gasteiger partial charge in [-0.1, -0.05) is 47.1 Å². The molecular weight excluding hydrogens is 529 g/mol. The summed E-state index contributed by atoms with van der Waals surface area (Å²) >= 11 is 14.1. The summed E-state index contributed by atoms with van der Waals surface area (Å²) < 4.78 is 0. The van der Waals surface area contributed by atoms with E-state index < -0.39 is 0 Å². The number of aromatic nitrogens is 2. The number of fused-ring (bicyclic) bond motifs is 1. The van der Waals surface area contributed by atoms with E-state index in [9.17, 15) is 4.79 Å².